The number of amides is 1. The molecule has 3 aromatic rings. The number of aromatic nitrogens is 3. The molecule has 0 aliphatic heterocycles. The van der Waals surface area contributed by atoms with Gasteiger partial charge in [-0.3, -0.25) is 4.79 Å². The number of hydrogen-bond donors (Lipinski definition) is 0. The van der Waals surface area contributed by atoms with Crippen molar-refractivity contribution in [2.75, 3.05) is 17.2 Å². The number of benzene rings is 2. The Morgan fingerprint density at radius 3 is 2.35 bits per heavy atom. The molecule has 0 fully saturated rings. The van der Waals surface area contributed by atoms with Gasteiger partial charge in [0.2, 0.25) is 5.91 Å². The van der Waals surface area contributed by atoms with Crippen molar-refractivity contribution in [3.63, 3.8) is 0 Å². The van der Waals surface area contributed by atoms with Crippen LogP contribution in [0, 0.1) is 0 Å². The first kappa shape index (κ1) is 22.8. The Morgan fingerprint density at radius 2 is 1.74 bits per heavy atom. The van der Waals surface area contributed by atoms with E-state index >= 15 is 0 Å². The summed E-state index contributed by atoms with van der Waals surface area (Å²) in [7, 11) is -3.57. The molecule has 9 heteroatoms. The van der Waals surface area contributed by atoms with Crippen LogP contribution < -0.4 is 4.90 Å². The molecule has 0 aliphatic rings. The zero-order valence-electron chi connectivity index (χ0n) is 17.2. The predicted octanol–water partition coefficient (Wildman–Crippen LogP) is 3.58. The second-order valence-electron chi connectivity index (χ2n) is 6.63. The van der Waals surface area contributed by atoms with E-state index in [-0.39, 0.29) is 22.3 Å². The lowest BCUT2D eigenvalue weighted by Crippen LogP contribution is -2.32. The largest absolute Gasteiger partial charge is 0.312 e. The van der Waals surface area contributed by atoms with Crippen molar-refractivity contribution < 1.29 is 13.2 Å². The zero-order valence-corrected chi connectivity index (χ0v) is 18.8. The fourth-order valence-electron chi connectivity index (χ4n) is 3.04. The molecule has 0 aliphatic carbocycles. The molecule has 3 rings (SSSR count). The Bertz CT molecular complexity index is 1130. The molecule has 0 bridgehead atoms. The third-order valence-corrected chi connectivity index (χ3v) is 7.12. The predicted molar refractivity (Wildman–Crippen MR) is 123 cm³/mol. The van der Waals surface area contributed by atoms with Crippen LogP contribution in [0.4, 0.5) is 5.69 Å². The maximum absolute atomic E-state index is 12.8. The quantitative estimate of drug-likeness (QED) is 0.342. The summed E-state index contributed by atoms with van der Waals surface area (Å²) in [5.74, 6) is 0.125. The first-order valence-corrected chi connectivity index (χ1v) is 12.4. The maximum atomic E-state index is 12.8. The third kappa shape index (κ3) is 5.62. The molecule has 0 spiro atoms. The van der Waals surface area contributed by atoms with Gasteiger partial charge in [0.1, 0.15) is 11.6 Å². The number of sulfone groups is 1. The summed E-state index contributed by atoms with van der Waals surface area (Å²) in [6, 6.07) is 17.7. The normalized spacial score (nSPS) is 11.3. The summed E-state index contributed by atoms with van der Waals surface area (Å²) in [4.78, 5) is 14.7. The van der Waals surface area contributed by atoms with Crippen LogP contribution in [0.1, 0.15) is 12.7 Å². The third-order valence-electron chi connectivity index (χ3n) is 4.54. The Morgan fingerprint density at radius 1 is 1.10 bits per heavy atom. The van der Waals surface area contributed by atoms with E-state index in [0.717, 1.165) is 5.69 Å². The van der Waals surface area contributed by atoms with Crippen LogP contribution in [0.3, 0.4) is 0 Å². The molecule has 162 valence electrons. The van der Waals surface area contributed by atoms with Crippen molar-refractivity contribution >= 4 is 33.2 Å². The van der Waals surface area contributed by atoms with Crippen LogP contribution in [0.2, 0.25) is 0 Å². The molecule has 0 saturated carbocycles. The lowest BCUT2D eigenvalue weighted by molar-refractivity contribution is -0.116. The summed E-state index contributed by atoms with van der Waals surface area (Å²) in [5, 5.41) is 8.70. The van der Waals surface area contributed by atoms with Gasteiger partial charge in [-0.05, 0) is 31.2 Å². The molecule has 0 unspecified atom stereocenters. The highest BCUT2D eigenvalue weighted by molar-refractivity contribution is 7.99. The number of carbonyl (C=O) groups is 1. The van der Waals surface area contributed by atoms with Crippen molar-refractivity contribution in [2.24, 2.45) is 0 Å². The minimum Gasteiger partial charge on any atom is -0.312 e. The minimum absolute atomic E-state index is 0.0645. The van der Waals surface area contributed by atoms with Crippen LogP contribution in [0.25, 0.3) is 0 Å². The van der Waals surface area contributed by atoms with E-state index in [0.29, 0.717) is 24.1 Å². The van der Waals surface area contributed by atoms with E-state index < -0.39 is 9.84 Å². The Labute approximate surface area is 186 Å². The van der Waals surface area contributed by atoms with Gasteiger partial charge in [0.05, 0.1) is 10.6 Å². The van der Waals surface area contributed by atoms with Crippen LogP contribution in [0.15, 0.2) is 83.4 Å². The molecular weight excluding hydrogens is 432 g/mol. The molecule has 7 nitrogen and oxygen atoms in total. The number of thioether (sulfide) groups is 1. The molecule has 1 aromatic heterocycles. The van der Waals surface area contributed by atoms with Crippen LogP contribution in [-0.2, 0) is 26.9 Å². The van der Waals surface area contributed by atoms with Gasteiger partial charge in [-0.1, -0.05) is 54.2 Å². The Kier molecular flexibility index (Phi) is 7.64. The molecule has 2 aromatic carbocycles. The van der Waals surface area contributed by atoms with Gasteiger partial charge >= 0.3 is 0 Å². The van der Waals surface area contributed by atoms with Crippen molar-refractivity contribution in [1.29, 1.82) is 0 Å². The van der Waals surface area contributed by atoms with Gasteiger partial charge in [-0.25, -0.2) is 8.42 Å². The average Bonchev–Trinajstić information content (AvgIpc) is 3.15. The second kappa shape index (κ2) is 10.4. The van der Waals surface area contributed by atoms with E-state index in [1.54, 1.807) is 45.9 Å². The summed E-state index contributed by atoms with van der Waals surface area (Å²) in [6.45, 7) is 6.55. The molecular formula is C22H24N4O3S2. The van der Waals surface area contributed by atoms with Gasteiger partial charge in [0.15, 0.2) is 15.0 Å². The van der Waals surface area contributed by atoms with E-state index in [2.05, 4.69) is 16.8 Å². The molecule has 1 heterocycles. The smallest absolute Gasteiger partial charge is 0.237 e. The monoisotopic (exact) mass is 456 g/mol. The molecule has 0 N–H and O–H groups in total. The molecule has 0 saturated heterocycles. The molecule has 31 heavy (non-hydrogen) atoms. The first-order valence-electron chi connectivity index (χ1n) is 9.75. The Hall–Kier alpha value is -2.91. The van der Waals surface area contributed by atoms with Gasteiger partial charge < -0.3 is 9.47 Å². The highest BCUT2D eigenvalue weighted by Gasteiger charge is 2.22. The number of hydrogen-bond acceptors (Lipinski definition) is 6. The number of para-hydroxylation sites is 1. The SMILES string of the molecule is C=CCn1c(CS(=O)(=O)c2ccccc2)nnc1SCC(=O)N(CC)c1ccccc1. The first-order chi connectivity index (χ1) is 15.0. The van der Waals surface area contributed by atoms with E-state index in [1.165, 1.54) is 11.8 Å². The molecule has 1 amide bonds. The number of nitrogens with zero attached hydrogens (tertiary/aromatic N) is 4. The number of rotatable bonds is 10. The van der Waals surface area contributed by atoms with E-state index in [1.807, 2.05) is 37.3 Å². The van der Waals surface area contributed by atoms with Crippen LogP contribution >= 0.6 is 11.8 Å². The van der Waals surface area contributed by atoms with Crippen molar-refractivity contribution in [3.05, 3.63) is 79.1 Å². The van der Waals surface area contributed by atoms with Crippen LogP contribution in [-0.4, -0.2) is 41.4 Å². The van der Waals surface area contributed by atoms with Gasteiger partial charge in [-0.15, -0.1) is 16.8 Å². The van der Waals surface area contributed by atoms with E-state index in [9.17, 15) is 13.2 Å². The molecule has 0 atom stereocenters. The minimum atomic E-state index is -3.57. The maximum Gasteiger partial charge on any atom is 0.237 e. The standard InChI is InChI=1S/C22H24N4O3S2/c1-3-15-26-20(17-31(28,29)19-13-9-6-10-14-19)23-24-22(26)30-16-21(27)25(4-2)18-11-7-5-8-12-18/h3,5-14H,1,4,15-17H2,2H3. The topological polar surface area (TPSA) is 85.2 Å². The number of anilines is 1. The Balaban J connectivity index is 1.76. The number of allylic oxidation sites excluding steroid dienone is 1. The van der Waals surface area contributed by atoms with Gasteiger partial charge in [0, 0.05) is 18.8 Å². The van der Waals surface area contributed by atoms with E-state index in [4.69, 9.17) is 0 Å². The van der Waals surface area contributed by atoms with Crippen molar-refractivity contribution in [3.8, 4) is 0 Å². The van der Waals surface area contributed by atoms with Gasteiger partial charge in [0.25, 0.3) is 0 Å². The summed E-state index contributed by atoms with van der Waals surface area (Å²) < 4.78 is 27.2. The second-order valence-corrected chi connectivity index (χ2v) is 9.56. The lowest BCUT2D eigenvalue weighted by Gasteiger charge is -2.20. The summed E-state index contributed by atoms with van der Waals surface area (Å²) in [6.07, 6.45) is 1.65. The fourth-order valence-corrected chi connectivity index (χ4v) is 5.18. The molecule has 0 radical (unpaired) electrons. The number of carbonyl (C=O) groups excluding carboxylic acids is 1. The average molecular weight is 457 g/mol. The fraction of sp³-hybridized carbons (Fsp3) is 0.227. The van der Waals surface area contributed by atoms with Gasteiger partial charge in [-0.2, -0.15) is 0 Å². The van der Waals surface area contributed by atoms with Crippen LogP contribution in [0.5, 0.6) is 0 Å². The lowest BCUT2D eigenvalue weighted by atomic mass is 10.3. The highest BCUT2D eigenvalue weighted by Crippen LogP contribution is 2.22. The zero-order chi connectivity index (χ0) is 22.3. The summed E-state index contributed by atoms with van der Waals surface area (Å²) >= 11 is 1.23. The summed E-state index contributed by atoms with van der Waals surface area (Å²) in [5.41, 5.74) is 0.831. The van der Waals surface area contributed by atoms with Crippen molar-refractivity contribution in [2.45, 2.75) is 29.3 Å². The highest BCUT2D eigenvalue weighted by atomic mass is 32.2. The van der Waals surface area contributed by atoms with Crippen molar-refractivity contribution in [1.82, 2.24) is 14.8 Å².